The monoisotopic (exact) mass is 276 g/mol. The minimum atomic E-state index is -0.134. The largest absolute Gasteiger partial charge is 0.484 e. The van der Waals surface area contributed by atoms with E-state index < -0.39 is 0 Å². The SMILES string of the molecule is CC(C)CN1CC(C)(C)Oc2ccc(CC(C)N)cc21. The van der Waals surface area contributed by atoms with E-state index in [1.54, 1.807) is 0 Å². The lowest BCUT2D eigenvalue weighted by Gasteiger charge is -2.42. The van der Waals surface area contributed by atoms with Gasteiger partial charge >= 0.3 is 0 Å². The number of hydrogen-bond acceptors (Lipinski definition) is 3. The predicted octanol–water partition coefficient (Wildman–Crippen LogP) is 3.21. The number of benzene rings is 1. The molecular formula is C17H28N2O. The maximum absolute atomic E-state index is 6.12. The second-order valence-electron chi connectivity index (χ2n) is 7.12. The highest BCUT2D eigenvalue weighted by Crippen LogP contribution is 2.38. The van der Waals surface area contributed by atoms with Crippen molar-refractivity contribution >= 4 is 5.69 Å². The van der Waals surface area contributed by atoms with Gasteiger partial charge in [0.2, 0.25) is 0 Å². The van der Waals surface area contributed by atoms with Crippen LogP contribution in [0.4, 0.5) is 5.69 Å². The van der Waals surface area contributed by atoms with Gasteiger partial charge in [0.1, 0.15) is 11.4 Å². The highest BCUT2D eigenvalue weighted by molar-refractivity contribution is 5.62. The van der Waals surface area contributed by atoms with Gasteiger partial charge in [0, 0.05) is 12.6 Å². The molecule has 3 heteroatoms. The number of fused-ring (bicyclic) bond motifs is 1. The van der Waals surface area contributed by atoms with Crippen molar-refractivity contribution < 1.29 is 4.74 Å². The van der Waals surface area contributed by atoms with Crippen LogP contribution in [0.2, 0.25) is 0 Å². The fraction of sp³-hybridized carbons (Fsp3) is 0.647. The molecule has 2 rings (SSSR count). The average Bonchev–Trinajstić information content (AvgIpc) is 2.27. The van der Waals surface area contributed by atoms with Crippen LogP contribution in [0.25, 0.3) is 0 Å². The molecule has 1 aromatic rings. The van der Waals surface area contributed by atoms with Crippen molar-refractivity contribution in [2.24, 2.45) is 11.7 Å². The second-order valence-corrected chi connectivity index (χ2v) is 7.12. The summed E-state index contributed by atoms with van der Waals surface area (Å²) in [5.41, 5.74) is 8.29. The molecule has 0 aliphatic carbocycles. The molecule has 0 spiro atoms. The fourth-order valence-corrected chi connectivity index (χ4v) is 2.87. The minimum absolute atomic E-state index is 0.134. The van der Waals surface area contributed by atoms with E-state index in [-0.39, 0.29) is 11.6 Å². The Hall–Kier alpha value is -1.22. The summed E-state index contributed by atoms with van der Waals surface area (Å²) < 4.78 is 6.12. The van der Waals surface area contributed by atoms with Crippen LogP contribution in [0.15, 0.2) is 18.2 Å². The maximum Gasteiger partial charge on any atom is 0.143 e. The first-order valence-corrected chi connectivity index (χ1v) is 7.59. The Morgan fingerprint density at radius 2 is 2.00 bits per heavy atom. The maximum atomic E-state index is 6.12. The van der Waals surface area contributed by atoms with Crippen LogP contribution in [0.1, 0.15) is 40.2 Å². The van der Waals surface area contributed by atoms with Gasteiger partial charge in [-0.3, -0.25) is 0 Å². The van der Waals surface area contributed by atoms with Gasteiger partial charge in [0.05, 0.1) is 12.2 Å². The highest BCUT2D eigenvalue weighted by atomic mass is 16.5. The van der Waals surface area contributed by atoms with E-state index in [2.05, 4.69) is 50.8 Å². The van der Waals surface area contributed by atoms with Crippen LogP contribution in [0.5, 0.6) is 5.75 Å². The third kappa shape index (κ3) is 3.66. The molecule has 0 fully saturated rings. The molecule has 2 N–H and O–H groups in total. The first-order chi connectivity index (χ1) is 9.27. The predicted molar refractivity (Wildman–Crippen MR) is 85.6 cm³/mol. The molecule has 0 saturated heterocycles. The number of nitrogens with two attached hydrogens (primary N) is 1. The Bertz CT molecular complexity index is 466. The molecule has 1 unspecified atom stereocenters. The molecule has 1 heterocycles. The van der Waals surface area contributed by atoms with Crippen molar-refractivity contribution in [3.8, 4) is 5.75 Å². The average molecular weight is 276 g/mol. The fourth-order valence-electron chi connectivity index (χ4n) is 2.87. The summed E-state index contributed by atoms with van der Waals surface area (Å²) in [5.74, 6) is 1.63. The molecule has 1 atom stereocenters. The zero-order valence-electron chi connectivity index (χ0n) is 13.4. The first-order valence-electron chi connectivity index (χ1n) is 7.59. The molecular weight excluding hydrogens is 248 g/mol. The molecule has 20 heavy (non-hydrogen) atoms. The summed E-state index contributed by atoms with van der Waals surface area (Å²) in [5, 5.41) is 0. The summed E-state index contributed by atoms with van der Waals surface area (Å²) in [7, 11) is 0. The van der Waals surface area contributed by atoms with Gasteiger partial charge in [-0.25, -0.2) is 0 Å². The van der Waals surface area contributed by atoms with Gasteiger partial charge in [-0.1, -0.05) is 19.9 Å². The van der Waals surface area contributed by atoms with E-state index in [0.29, 0.717) is 5.92 Å². The van der Waals surface area contributed by atoms with E-state index in [9.17, 15) is 0 Å². The molecule has 0 radical (unpaired) electrons. The van der Waals surface area contributed by atoms with E-state index >= 15 is 0 Å². The molecule has 1 aromatic carbocycles. The summed E-state index contributed by atoms with van der Waals surface area (Å²) in [6, 6.07) is 6.67. The summed E-state index contributed by atoms with van der Waals surface area (Å²) in [4.78, 5) is 2.45. The van der Waals surface area contributed by atoms with Crippen molar-refractivity contribution in [1.82, 2.24) is 0 Å². The van der Waals surface area contributed by atoms with Crippen LogP contribution in [0, 0.1) is 5.92 Å². The zero-order chi connectivity index (χ0) is 14.9. The number of hydrogen-bond donors (Lipinski definition) is 1. The minimum Gasteiger partial charge on any atom is -0.484 e. The first kappa shape index (κ1) is 15.2. The Kier molecular flexibility index (Phi) is 4.28. The van der Waals surface area contributed by atoms with Gasteiger partial charge in [-0.05, 0) is 50.8 Å². The van der Waals surface area contributed by atoms with Crippen LogP contribution in [-0.4, -0.2) is 24.7 Å². The topological polar surface area (TPSA) is 38.5 Å². The lowest BCUT2D eigenvalue weighted by Crippen LogP contribution is -2.48. The van der Waals surface area contributed by atoms with E-state index in [1.165, 1.54) is 11.3 Å². The van der Waals surface area contributed by atoms with Crippen molar-refractivity contribution in [2.45, 2.75) is 52.7 Å². The molecule has 1 aliphatic heterocycles. The third-order valence-corrected chi connectivity index (χ3v) is 3.47. The lowest BCUT2D eigenvalue weighted by molar-refractivity contribution is 0.104. The van der Waals surface area contributed by atoms with Crippen LogP contribution in [0.3, 0.4) is 0 Å². The Morgan fingerprint density at radius 3 is 2.60 bits per heavy atom. The van der Waals surface area contributed by atoms with Gasteiger partial charge in [-0.15, -0.1) is 0 Å². The number of nitrogens with zero attached hydrogens (tertiary/aromatic N) is 1. The van der Waals surface area contributed by atoms with Crippen molar-refractivity contribution in [1.29, 1.82) is 0 Å². The van der Waals surface area contributed by atoms with Crippen molar-refractivity contribution in [3.05, 3.63) is 23.8 Å². The second kappa shape index (κ2) is 5.65. The highest BCUT2D eigenvalue weighted by Gasteiger charge is 2.31. The summed E-state index contributed by atoms with van der Waals surface area (Å²) in [6.07, 6.45) is 0.909. The number of anilines is 1. The molecule has 112 valence electrons. The van der Waals surface area contributed by atoms with E-state index in [1.807, 2.05) is 6.92 Å². The van der Waals surface area contributed by atoms with Crippen molar-refractivity contribution in [3.63, 3.8) is 0 Å². The van der Waals surface area contributed by atoms with Crippen LogP contribution in [-0.2, 0) is 6.42 Å². The molecule has 0 amide bonds. The number of rotatable bonds is 4. The standard InChI is InChI=1S/C17H28N2O/c1-12(2)10-19-11-17(4,5)20-16-7-6-14(8-13(3)18)9-15(16)19/h6-7,9,12-13H,8,10-11,18H2,1-5H3. The summed E-state index contributed by atoms with van der Waals surface area (Å²) >= 11 is 0. The molecule has 0 saturated carbocycles. The lowest BCUT2D eigenvalue weighted by atomic mass is 10.0. The van der Waals surface area contributed by atoms with Crippen LogP contribution < -0.4 is 15.4 Å². The van der Waals surface area contributed by atoms with E-state index in [4.69, 9.17) is 10.5 Å². The Balaban J connectivity index is 2.33. The summed E-state index contributed by atoms with van der Waals surface area (Å²) in [6.45, 7) is 12.9. The normalized spacial score (nSPS) is 18.6. The van der Waals surface area contributed by atoms with Gasteiger partial charge in [0.25, 0.3) is 0 Å². The smallest absolute Gasteiger partial charge is 0.143 e. The van der Waals surface area contributed by atoms with Crippen molar-refractivity contribution in [2.75, 3.05) is 18.0 Å². The van der Waals surface area contributed by atoms with Gasteiger partial charge in [0.15, 0.2) is 0 Å². The number of ether oxygens (including phenoxy) is 1. The Labute approximate surface area is 123 Å². The third-order valence-electron chi connectivity index (χ3n) is 3.47. The Morgan fingerprint density at radius 1 is 1.30 bits per heavy atom. The van der Waals surface area contributed by atoms with Crippen LogP contribution >= 0.6 is 0 Å². The molecule has 0 aromatic heterocycles. The van der Waals surface area contributed by atoms with Gasteiger partial charge in [-0.2, -0.15) is 0 Å². The zero-order valence-corrected chi connectivity index (χ0v) is 13.4. The molecule has 1 aliphatic rings. The van der Waals surface area contributed by atoms with Gasteiger partial charge < -0.3 is 15.4 Å². The quantitative estimate of drug-likeness (QED) is 0.917. The molecule has 0 bridgehead atoms. The molecule has 3 nitrogen and oxygen atoms in total. The van der Waals surface area contributed by atoms with E-state index in [0.717, 1.165) is 25.3 Å².